The SMILES string of the molecule is C[C@@H]1CN(c2ncnc3c2C(C)(C)CN3c2cc(C#N)ncc2F)[C@@H](C)CN1C(=O)C(C)(CF)S(C)(=O)=O. The predicted molar refractivity (Wildman–Crippen MR) is 138 cm³/mol. The van der Waals surface area contributed by atoms with E-state index in [0.717, 1.165) is 24.9 Å². The lowest BCUT2D eigenvalue weighted by Gasteiger charge is -2.47. The van der Waals surface area contributed by atoms with E-state index in [-0.39, 0.29) is 24.0 Å². The summed E-state index contributed by atoms with van der Waals surface area (Å²) in [5.41, 5.74) is 0.557. The molecule has 0 saturated carbocycles. The Bertz CT molecular complexity index is 1430. The van der Waals surface area contributed by atoms with E-state index in [4.69, 9.17) is 0 Å². The van der Waals surface area contributed by atoms with Gasteiger partial charge in [-0.3, -0.25) is 4.79 Å². The van der Waals surface area contributed by atoms with Crippen molar-refractivity contribution >= 4 is 33.1 Å². The van der Waals surface area contributed by atoms with Crippen molar-refractivity contribution in [3.05, 3.63) is 35.7 Å². The van der Waals surface area contributed by atoms with Crippen molar-refractivity contribution in [3.8, 4) is 6.07 Å². The zero-order chi connectivity index (χ0) is 28.2. The van der Waals surface area contributed by atoms with Crippen molar-refractivity contribution in [1.82, 2.24) is 19.9 Å². The molecule has 2 aromatic heterocycles. The first-order chi connectivity index (χ1) is 17.7. The van der Waals surface area contributed by atoms with Crippen LogP contribution in [0, 0.1) is 17.1 Å². The second-order valence-electron chi connectivity index (χ2n) is 10.9. The number of fused-ring (bicyclic) bond motifs is 1. The Labute approximate surface area is 221 Å². The summed E-state index contributed by atoms with van der Waals surface area (Å²) in [7, 11) is -4.00. The Morgan fingerprint density at radius 2 is 1.87 bits per heavy atom. The van der Waals surface area contributed by atoms with Gasteiger partial charge in [-0.2, -0.15) is 5.26 Å². The van der Waals surface area contributed by atoms with Crippen molar-refractivity contribution in [3.63, 3.8) is 0 Å². The second kappa shape index (κ2) is 9.41. The summed E-state index contributed by atoms with van der Waals surface area (Å²) in [5.74, 6) is -0.208. The average Bonchev–Trinajstić information content (AvgIpc) is 3.14. The highest BCUT2D eigenvalue weighted by Crippen LogP contribution is 2.47. The third-order valence-corrected chi connectivity index (χ3v) is 9.50. The van der Waals surface area contributed by atoms with Gasteiger partial charge in [0.25, 0.3) is 0 Å². The van der Waals surface area contributed by atoms with Crippen molar-refractivity contribution in [2.45, 2.75) is 56.9 Å². The highest BCUT2D eigenvalue weighted by atomic mass is 32.2. The molecular formula is C25H31F2N7O3S. The van der Waals surface area contributed by atoms with Gasteiger partial charge in [0.15, 0.2) is 20.4 Å². The lowest BCUT2D eigenvalue weighted by molar-refractivity contribution is -0.137. The minimum Gasteiger partial charge on any atom is -0.350 e. The number of carbonyl (C=O) groups is 1. The van der Waals surface area contributed by atoms with Crippen LogP contribution in [0.1, 0.15) is 45.9 Å². The second-order valence-corrected chi connectivity index (χ2v) is 13.4. The lowest BCUT2D eigenvalue weighted by Crippen LogP contribution is -2.64. The fourth-order valence-electron chi connectivity index (χ4n) is 5.16. The number of aromatic nitrogens is 3. The number of sulfone groups is 1. The summed E-state index contributed by atoms with van der Waals surface area (Å²) in [4.78, 5) is 31.3. The number of carbonyl (C=O) groups excluding carboxylic acids is 1. The maximum atomic E-state index is 14.8. The van der Waals surface area contributed by atoms with Crippen molar-refractivity contribution in [1.29, 1.82) is 5.26 Å². The molecular weight excluding hydrogens is 516 g/mol. The molecule has 0 radical (unpaired) electrons. The molecule has 13 heteroatoms. The third kappa shape index (κ3) is 4.34. The van der Waals surface area contributed by atoms with E-state index in [1.54, 1.807) is 11.8 Å². The van der Waals surface area contributed by atoms with E-state index in [2.05, 4.69) is 15.0 Å². The first-order valence-corrected chi connectivity index (χ1v) is 14.1. The zero-order valence-electron chi connectivity index (χ0n) is 22.2. The number of anilines is 3. The largest absolute Gasteiger partial charge is 0.350 e. The summed E-state index contributed by atoms with van der Waals surface area (Å²) in [6.45, 7) is 8.34. The number of piperazine rings is 1. The molecule has 10 nitrogen and oxygen atoms in total. The van der Waals surface area contributed by atoms with Gasteiger partial charge < -0.3 is 14.7 Å². The third-order valence-electron chi connectivity index (χ3n) is 7.58. The van der Waals surface area contributed by atoms with Crippen molar-refractivity contribution < 1.29 is 22.0 Å². The van der Waals surface area contributed by atoms with Crippen LogP contribution in [-0.2, 0) is 20.0 Å². The number of nitrogens with zero attached hydrogens (tertiary/aromatic N) is 7. The van der Waals surface area contributed by atoms with Crippen molar-refractivity contribution in [2.24, 2.45) is 0 Å². The molecule has 0 aromatic carbocycles. The number of hydrogen-bond donors (Lipinski definition) is 0. The van der Waals surface area contributed by atoms with E-state index in [0.29, 0.717) is 24.7 Å². The number of nitriles is 1. The number of pyridine rings is 1. The van der Waals surface area contributed by atoms with Gasteiger partial charge in [0.1, 0.15) is 36.4 Å². The highest BCUT2D eigenvalue weighted by Gasteiger charge is 2.50. The minimum atomic E-state index is -4.00. The van der Waals surface area contributed by atoms with Gasteiger partial charge in [0.2, 0.25) is 5.91 Å². The smallest absolute Gasteiger partial charge is 0.246 e. The van der Waals surface area contributed by atoms with Crippen LogP contribution in [0.25, 0.3) is 0 Å². The Morgan fingerprint density at radius 1 is 1.21 bits per heavy atom. The molecule has 2 aliphatic heterocycles. The van der Waals surface area contributed by atoms with Crippen LogP contribution >= 0.6 is 0 Å². The molecule has 4 rings (SSSR count). The molecule has 1 unspecified atom stereocenters. The predicted octanol–water partition coefficient (Wildman–Crippen LogP) is 2.51. The van der Waals surface area contributed by atoms with Gasteiger partial charge in [0.05, 0.1) is 11.9 Å². The molecule has 38 heavy (non-hydrogen) atoms. The summed E-state index contributed by atoms with van der Waals surface area (Å²) < 4.78 is 51.1. The van der Waals surface area contributed by atoms with Gasteiger partial charge in [-0.15, -0.1) is 0 Å². The van der Waals surface area contributed by atoms with Crippen LogP contribution in [-0.4, -0.2) is 83.6 Å². The Morgan fingerprint density at radius 3 is 2.47 bits per heavy atom. The van der Waals surface area contributed by atoms with Crippen LogP contribution in [0.15, 0.2) is 18.6 Å². The zero-order valence-corrected chi connectivity index (χ0v) is 23.1. The molecule has 0 spiro atoms. The molecule has 1 saturated heterocycles. The van der Waals surface area contributed by atoms with E-state index in [1.165, 1.54) is 17.3 Å². The van der Waals surface area contributed by atoms with Crippen LogP contribution in [0.3, 0.4) is 0 Å². The number of hydrogen-bond acceptors (Lipinski definition) is 9. The van der Waals surface area contributed by atoms with Gasteiger partial charge in [-0.25, -0.2) is 32.2 Å². The van der Waals surface area contributed by atoms with E-state index < -0.39 is 44.4 Å². The molecule has 0 N–H and O–H groups in total. The molecule has 3 atom stereocenters. The molecule has 1 fully saturated rings. The van der Waals surface area contributed by atoms with E-state index >= 15 is 0 Å². The number of rotatable bonds is 5. The maximum absolute atomic E-state index is 14.8. The summed E-state index contributed by atoms with van der Waals surface area (Å²) in [6.07, 6.45) is 3.28. The van der Waals surface area contributed by atoms with Gasteiger partial charge in [0, 0.05) is 55.0 Å². The fraction of sp³-hybridized carbons (Fsp3) is 0.560. The average molecular weight is 548 g/mol. The number of halogens is 2. The molecule has 204 valence electrons. The number of amides is 1. The van der Waals surface area contributed by atoms with E-state index in [1.807, 2.05) is 31.7 Å². The van der Waals surface area contributed by atoms with Crippen LogP contribution in [0.5, 0.6) is 0 Å². The quantitative estimate of drug-likeness (QED) is 0.555. The van der Waals surface area contributed by atoms with Crippen LogP contribution in [0.2, 0.25) is 0 Å². The standard InChI is InChI=1S/C25H31F2N7O3S/c1-15-11-33(23(35)25(5,12-26)38(6,36)37)16(2)10-32(15)21-20-22(31-14-30-21)34(13-24(20,3)4)19-7-17(8-28)29-9-18(19)27/h7,9,14-16H,10-13H2,1-6H3/t15-,16+,25?/m0/s1. The Balaban J connectivity index is 1.71. The molecule has 4 heterocycles. The van der Waals surface area contributed by atoms with E-state index in [9.17, 15) is 27.3 Å². The minimum absolute atomic E-state index is 0.0829. The maximum Gasteiger partial charge on any atom is 0.246 e. The normalized spacial score (nSPS) is 22.6. The lowest BCUT2D eigenvalue weighted by atomic mass is 9.87. The molecule has 0 bridgehead atoms. The van der Waals surface area contributed by atoms with Crippen molar-refractivity contribution in [2.75, 3.05) is 42.4 Å². The summed E-state index contributed by atoms with van der Waals surface area (Å²) in [5, 5.41) is 9.27. The monoisotopic (exact) mass is 547 g/mol. The van der Waals surface area contributed by atoms with Gasteiger partial charge >= 0.3 is 0 Å². The molecule has 2 aromatic rings. The van der Waals surface area contributed by atoms with Gasteiger partial charge in [-0.1, -0.05) is 13.8 Å². The molecule has 2 aliphatic rings. The Kier molecular flexibility index (Phi) is 6.84. The molecule has 0 aliphatic carbocycles. The summed E-state index contributed by atoms with van der Waals surface area (Å²) >= 11 is 0. The Hall–Kier alpha value is -3.40. The van der Waals surface area contributed by atoms with Crippen LogP contribution in [0.4, 0.5) is 26.1 Å². The summed E-state index contributed by atoms with van der Waals surface area (Å²) in [6, 6.07) is 2.60. The molecule has 1 amide bonds. The topological polar surface area (TPSA) is 123 Å². The first-order valence-electron chi connectivity index (χ1n) is 12.2. The van der Waals surface area contributed by atoms with Gasteiger partial charge in [-0.05, 0) is 20.8 Å². The first kappa shape index (κ1) is 27.6. The fourth-order valence-corrected chi connectivity index (χ4v) is 5.80. The highest BCUT2D eigenvalue weighted by molar-refractivity contribution is 7.92. The number of alkyl halides is 1. The van der Waals surface area contributed by atoms with Crippen LogP contribution < -0.4 is 9.80 Å².